The highest BCUT2D eigenvalue weighted by atomic mass is 35.5. The fourth-order valence-electron chi connectivity index (χ4n) is 3.36. The molecule has 1 atom stereocenters. The summed E-state index contributed by atoms with van der Waals surface area (Å²) in [6, 6.07) is 6.21. The van der Waals surface area contributed by atoms with E-state index in [1.165, 1.54) is 27.0 Å². The van der Waals surface area contributed by atoms with Crippen molar-refractivity contribution >= 4 is 34.8 Å². The molecule has 1 fully saturated rings. The number of hydrogen-bond donors (Lipinski definition) is 2. The van der Waals surface area contributed by atoms with Crippen molar-refractivity contribution in [3.05, 3.63) is 45.7 Å². The lowest BCUT2D eigenvalue weighted by Gasteiger charge is -2.21. The Bertz CT molecular complexity index is 1060. The van der Waals surface area contributed by atoms with Crippen molar-refractivity contribution in [2.24, 2.45) is 0 Å². The maximum Gasteiger partial charge on any atom is 0.354 e. The molecule has 1 unspecified atom stereocenters. The monoisotopic (exact) mass is 436 g/mol. The highest BCUT2D eigenvalue weighted by Gasteiger charge is 2.31. The summed E-state index contributed by atoms with van der Waals surface area (Å²) in [6.45, 7) is 0.406. The van der Waals surface area contributed by atoms with Gasteiger partial charge in [0, 0.05) is 18.7 Å². The number of hydrogen-bond acceptors (Lipinski definition) is 7. The van der Waals surface area contributed by atoms with E-state index in [1.807, 2.05) is 0 Å². The molecule has 3 aromatic heterocycles. The van der Waals surface area contributed by atoms with Gasteiger partial charge in [0.2, 0.25) is 0 Å². The molecule has 0 aromatic carbocycles. The van der Waals surface area contributed by atoms with Crippen LogP contribution in [0, 0.1) is 0 Å². The smallest absolute Gasteiger partial charge is 0.354 e. The maximum atomic E-state index is 12.7. The average molecular weight is 437 g/mol. The van der Waals surface area contributed by atoms with Gasteiger partial charge in [-0.2, -0.15) is 5.10 Å². The van der Waals surface area contributed by atoms with E-state index in [4.69, 9.17) is 16.1 Å². The third-order valence-electron chi connectivity index (χ3n) is 4.75. The van der Waals surface area contributed by atoms with E-state index >= 15 is 0 Å². The van der Waals surface area contributed by atoms with Crippen molar-refractivity contribution in [1.82, 2.24) is 19.8 Å². The quantitative estimate of drug-likeness (QED) is 0.609. The second-order valence-corrected chi connectivity index (χ2v) is 8.36. The number of aromatic carboxylic acids is 1. The minimum absolute atomic E-state index is 0.0245. The van der Waals surface area contributed by atoms with E-state index in [1.54, 1.807) is 18.2 Å². The Kier molecular flexibility index (Phi) is 5.39. The van der Waals surface area contributed by atoms with Gasteiger partial charge in [0.15, 0.2) is 11.5 Å². The van der Waals surface area contributed by atoms with Crippen LogP contribution in [0.25, 0.3) is 10.6 Å². The van der Waals surface area contributed by atoms with Crippen molar-refractivity contribution in [3.8, 4) is 10.6 Å². The van der Waals surface area contributed by atoms with E-state index in [9.17, 15) is 19.8 Å². The average Bonchev–Trinajstić information content (AvgIpc) is 3.47. The minimum Gasteiger partial charge on any atom is -0.477 e. The van der Waals surface area contributed by atoms with Gasteiger partial charge >= 0.3 is 5.97 Å². The molecule has 0 radical (unpaired) electrons. The molecule has 0 bridgehead atoms. The molecule has 1 aliphatic heterocycles. The van der Waals surface area contributed by atoms with Gasteiger partial charge in [-0.3, -0.25) is 9.48 Å². The van der Waals surface area contributed by atoms with E-state index in [-0.39, 0.29) is 30.6 Å². The summed E-state index contributed by atoms with van der Waals surface area (Å²) in [4.78, 5) is 26.7. The number of rotatable bonds is 6. The number of carbonyl (C=O) groups is 2. The first-order valence-electron chi connectivity index (χ1n) is 8.90. The van der Waals surface area contributed by atoms with Crippen LogP contribution in [0.15, 0.2) is 28.8 Å². The molecule has 1 saturated heterocycles. The maximum absolute atomic E-state index is 12.7. The second kappa shape index (κ2) is 7.97. The number of aliphatic hydroxyl groups excluding tert-OH is 1. The van der Waals surface area contributed by atoms with Gasteiger partial charge in [-0.1, -0.05) is 16.8 Å². The number of thiophene rings is 1. The van der Waals surface area contributed by atoms with Gasteiger partial charge in [0.25, 0.3) is 5.91 Å². The Morgan fingerprint density at radius 1 is 1.34 bits per heavy atom. The summed E-state index contributed by atoms with van der Waals surface area (Å²) in [5.74, 6) is -1.08. The van der Waals surface area contributed by atoms with Crippen LogP contribution in [0.3, 0.4) is 0 Å². The van der Waals surface area contributed by atoms with Crippen LogP contribution >= 0.6 is 22.9 Å². The first kappa shape index (κ1) is 19.6. The van der Waals surface area contributed by atoms with Crippen molar-refractivity contribution in [1.29, 1.82) is 0 Å². The molecule has 152 valence electrons. The zero-order valence-corrected chi connectivity index (χ0v) is 16.7. The molecule has 2 N–H and O–H groups in total. The van der Waals surface area contributed by atoms with E-state index in [0.29, 0.717) is 28.8 Å². The lowest BCUT2D eigenvalue weighted by molar-refractivity contribution is 0.0667. The topological polar surface area (TPSA) is 122 Å². The third kappa shape index (κ3) is 3.91. The molecule has 1 amide bonds. The Hall–Kier alpha value is -2.69. The molecule has 9 nitrogen and oxygen atoms in total. The second-order valence-electron chi connectivity index (χ2n) is 6.64. The van der Waals surface area contributed by atoms with Crippen LogP contribution in [-0.2, 0) is 6.54 Å². The van der Waals surface area contributed by atoms with Gasteiger partial charge in [-0.05, 0) is 25.0 Å². The fourth-order valence-corrected chi connectivity index (χ4v) is 4.35. The summed E-state index contributed by atoms with van der Waals surface area (Å²) in [6.07, 6.45) is 1.50. The van der Waals surface area contributed by atoms with Crippen molar-refractivity contribution < 1.29 is 24.3 Å². The standard InChI is InChI=1S/C18H17ClN4O5S/c19-16-4-3-15(29-16)14-6-10(21-28-14)8-23-13(18(26)27)7-12(20-23)17(25)22-5-1-2-11(22)9-24/h3-4,6-7,11,24H,1-2,5,8-9H2,(H,26,27). The molecular weight excluding hydrogens is 420 g/mol. The van der Waals surface area contributed by atoms with Crippen molar-refractivity contribution in [2.75, 3.05) is 13.2 Å². The predicted molar refractivity (Wildman–Crippen MR) is 104 cm³/mol. The Morgan fingerprint density at radius 2 is 2.17 bits per heavy atom. The molecule has 4 rings (SSSR count). The van der Waals surface area contributed by atoms with Gasteiger partial charge in [-0.25, -0.2) is 4.79 Å². The number of carbonyl (C=O) groups excluding carboxylic acids is 1. The molecule has 0 spiro atoms. The molecule has 11 heteroatoms. The normalized spacial score (nSPS) is 16.5. The number of halogens is 1. The zero-order chi connectivity index (χ0) is 20.5. The summed E-state index contributed by atoms with van der Waals surface area (Å²) in [7, 11) is 0. The van der Waals surface area contributed by atoms with Crippen LogP contribution in [0.1, 0.15) is 39.5 Å². The van der Waals surface area contributed by atoms with Crippen LogP contribution in [0.2, 0.25) is 4.34 Å². The molecule has 29 heavy (non-hydrogen) atoms. The van der Waals surface area contributed by atoms with Crippen LogP contribution in [0.5, 0.6) is 0 Å². The minimum atomic E-state index is -1.20. The summed E-state index contributed by atoms with van der Waals surface area (Å²) in [5.41, 5.74) is 0.358. The number of carboxylic acid groups (broad SMARTS) is 1. The van der Waals surface area contributed by atoms with Gasteiger partial charge in [0.05, 0.1) is 28.4 Å². The highest BCUT2D eigenvalue weighted by molar-refractivity contribution is 7.19. The summed E-state index contributed by atoms with van der Waals surface area (Å²) >= 11 is 7.27. The van der Waals surface area contributed by atoms with Gasteiger partial charge in [0.1, 0.15) is 11.4 Å². The van der Waals surface area contributed by atoms with E-state index in [0.717, 1.165) is 11.3 Å². The number of carboxylic acids is 1. The molecule has 1 aliphatic rings. The van der Waals surface area contributed by atoms with Gasteiger partial charge in [-0.15, -0.1) is 11.3 Å². The zero-order valence-electron chi connectivity index (χ0n) is 15.1. The lowest BCUT2D eigenvalue weighted by atomic mass is 10.2. The largest absolute Gasteiger partial charge is 0.477 e. The third-order valence-corrected chi connectivity index (χ3v) is 6.00. The lowest BCUT2D eigenvalue weighted by Crippen LogP contribution is -2.37. The molecule has 0 saturated carbocycles. The Labute approximate surface area is 174 Å². The number of aromatic nitrogens is 3. The van der Waals surface area contributed by atoms with Crippen LogP contribution < -0.4 is 0 Å². The predicted octanol–water partition coefficient (Wildman–Crippen LogP) is 2.60. The summed E-state index contributed by atoms with van der Waals surface area (Å²) < 4.78 is 7.14. The van der Waals surface area contributed by atoms with Crippen molar-refractivity contribution in [2.45, 2.75) is 25.4 Å². The van der Waals surface area contributed by atoms with Crippen molar-refractivity contribution in [3.63, 3.8) is 0 Å². The Morgan fingerprint density at radius 3 is 2.86 bits per heavy atom. The SMILES string of the molecule is O=C(O)c1cc(C(=O)N2CCCC2CO)nn1Cc1cc(-c2ccc(Cl)s2)on1. The number of amides is 1. The number of likely N-dealkylation sites (tertiary alicyclic amines) is 1. The number of aliphatic hydroxyl groups is 1. The molecule has 0 aliphatic carbocycles. The fraction of sp³-hybridized carbons (Fsp3) is 0.333. The first-order chi connectivity index (χ1) is 14.0. The van der Waals surface area contributed by atoms with Crippen LogP contribution in [0.4, 0.5) is 0 Å². The first-order valence-corrected chi connectivity index (χ1v) is 10.1. The number of nitrogens with zero attached hydrogens (tertiary/aromatic N) is 4. The van der Waals surface area contributed by atoms with Crippen LogP contribution in [-0.4, -0.2) is 61.1 Å². The highest BCUT2D eigenvalue weighted by Crippen LogP contribution is 2.31. The molecule has 4 heterocycles. The Balaban J connectivity index is 1.58. The molecule has 3 aromatic rings. The van der Waals surface area contributed by atoms with E-state index in [2.05, 4.69) is 10.3 Å². The van der Waals surface area contributed by atoms with E-state index < -0.39 is 11.9 Å². The summed E-state index contributed by atoms with van der Waals surface area (Å²) in [5, 5.41) is 27.1. The molecular formula is C18H17ClN4O5S. The van der Waals surface area contributed by atoms with Gasteiger partial charge < -0.3 is 19.6 Å².